The fourth-order valence-electron chi connectivity index (χ4n) is 2.46. The Hall–Kier alpha value is -2.41. The van der Waals surface area contributed by atoms with Crippen molar-refractivity contribution >= 4 is 17.7 Å². The van der Waals surface area contributed by atoms with Crippen molar-refractivity contribution in [2.24, 2.45) is 17.4 Å². The van der Waals surface area contributed by atoms with Gasteiger partial charge in [0, 0.05) is 18.2 Å². The fourth-order valence-corrected chi connectivity index (χ4v) is 2.46. The van der Waals surface area contributed by atoms with Gasteiger partial charge in [0.1, 0.15) is 0 Å². The van der Waals surface area contributed by atoms with Gasteiger partial charge in [-0.25, -0.2) is 0 Å². The summed E-state index contributed by atoms with van der Waals surface area (Å²) in [5.41, 5.74) is 12.4. The molecule has 0 saturated heterocycles. The molecule has 3 amide bonds. The maximum Gasteiger partial charge on any atom is 0.248 e. The Morgan fingerprint density at radius 1 is 1.20 bits per heavy atom. The Bertz CT molecular complexity index is 638. The smallest absolute Gasteiger partial charge is 0.248 e. The first kappa shape index (κ1) is 18.9. The number of carbonyl (C=O) groups excluding carboxylic acids is 3. The number of nitrogens with one attached hydrogen (secondary N) is 1. The van der Waals surface area contributed by atoms with Crippen molar-refractivity contribution in [2.45, 2.75) is 45.3 Å². The lowest BCUT2D eigenvalue weighted by molar-refractivity contribution is -0.134. The molecule has 0 unspecified atom stereocenters. The van der Waals surface area contributed by atoms with Crippen LogP contribution in [0.3, 0.4) is 0 Å². The predicted octanol–water partition coefficient (Wildman–Crippen LogP) is 0.376. The second-order valence-electron chi connectivity index (χ2n) is 6.80. The van der Waals surface area contributed by atoms with E-state index in [-0.39, 0.29) is 30.3 Å². The molecule has 0 aliphatic heterocycles. The molecule has 0 aromatic heterocycles. The average molecular weight is 346 g/mol. The molecule has 1 fully saturated rings. The second kappa shape index (κ2) is 8.11. The van der Waals surface area contributed by atoms with Crippen LogP contribution in [-0.4, -0.2) is 41.2 Å². The highest BCUT2D eigenvalue weighted by molar-refractivity contribution is 5.92. The topological polar surface area (TPSA) is 119 Å². The summed E-state index contributed by atoms with van der Waals surface area (Å²) in [6, 6.07) is 6.46. The number of benzene rings is 1. The summed E-state index contributed by atoms with van der Waals surface area (Å²) in [6.45, 7) is 4.10. The molecule has 7 nitrogen and oxygen atoms in total. The van der Waals surface area contributed by atoms with Crippen LogP contribution >= 0.6 is 0 Å². The van der Waals surface area contributed by atoms with Gasteiger partial charge in [-0.2, -0.15) is 0 Å². The van der Waals surface area contributed by atoms with Gasteiger partial charge < -0.3 is 21.7 Å². The Balaban J connectivity index is 1.94. The van der Waals surface area contributed by atoms with Gasteiger partial charge in [-0.05, 0) is 36.5 Å². The van der Waals surface area contributed by atoms with Crippen LogP contribution in [0.1, 0.15) is 42.6 Å². The van der Waals surface area contributed by atoms with Crippen LogP contribution in [0.25, 0.3) is 0 Å². The molecular formula is C18H26N4O3. The van der Waals surface area contributed by atoms with E-state index in [0.717, 1.165) is 18.4 Å². The lowest BCUT2D eigenvalue weighted by Crippen LogP contribution is -2.48. The van der Waals surface area contributed by atoms with Crippen LogP contribution in [0.15, 0.2) is 24.3 Å². The zero-order valence-corrected chi connectivity index (χ0v) is 14.7. The standard InChI is InChI=1S/C18H26N4O3/c1-11(2)16(19)18(25)21-9-15(23)22(14-7-8-14)10-12-3-5-13(6-4-12)17(20)24/h3-6,11,14,16H,7-10,19H2,1-2H3,(H2,20,24)(H,21,25)/t16-/m0/s1. The highest BCUT2D eigenvalue weighted by Gasteiger charge is 2.32. The number of amides is 3. The predicted molar refractivity (Wildman–Crippen MR) is 94.4 cm³/mol. The summed E-state index contributed by atoms with van der Waals surface area (Å²) in [5.74, 6) is -0.917. The maximum atomic E-state index is 12.5. The highest BCUT2D eigenvalue weighted by Crippen LogP contribution is 2.28. The molecule has 0 radical (unpaired) electrons. The maximum absolute atomic E-state index is 12.5. The van der Waals surface area contributed by atoms with E-state index in [2.05, 4.69) is 5.32 Å². The number of nitrogens with zero attached hydrogens (tertiary/aromatic N) is 1. The summed E-state index contributed by atoms with van der Waals surface area (Å²) in [7, 11) is 0. The lowest BCUT2D eigenvalue weighted by Gasteiger charge is -2.23. The van der Waals surface area contributed by atoms with Crippen molar-refractivity contribution in [1.29, 1.82) is 0 Å². The molecule has 1 aliphatic rings. The number of nitrogens with two attached hydrogens (primary N) is 2. The van der Waals surface area contributed by atoms with Crippen molar-refractivity contribution in [3.05, 3.63) is 35.4 Å². The first-order chi connectivity index (χ1) is 11.8. The molecule has 5 N–H and O–H groups in total. The third kappa shape index (κ3) is 5.29. The molecule has 0 heterocycles. The van der Waals surface area contributed by atoms with Gasteiger partial charge in [-0.1, -0.05) is 26.0 Å². The van der Waals surface area contributed by atoms with E-state index >= 15 is 0 Å². The SMILES string of the molecule is CC(C)[C@H](N)C(=O)NCC(=O)N(Cc1ccc(C(N)=O)cc1)C1CC1. The van der Waals surface area contributed by atoms with Crippen molar-refractivity contribution in [3.63, 3.8) is 0 Å². The first-order valence-electron chi connectivity index (χ1n) is 8.51. The van der Waals surface area contributed by atoms with Crippen LogP contribution in [0.2, 0.25) is 0 Å². The monoisotopic (exact) mass is 346 g/mol. The van der Waals surface area contributed by atoms with E-state index in [1.807, 2.05) is 13.8 Å². The molecule has 0 spiro atoms. The molecule has 1 atom stereocenters. The summed E-state index contributed by atoms with van der Waals surface area (Å²) in [5, 5.41) is 2.62. The van der Waals surface area contributed by atoms with Crippen LogP contribution in [0.4, 0.5) is 0 Å². The van der Waals surface area contributed by atoms with Gasteiger partial charge in [0.05, 0.1) is 12.6 Å². The molecule has 2 rings (SSSR count). The van der Waals surface area contributed by atoms with Crippen LogP contribution in [0.5, 0.6) is 0 Å². The van der Waals surface area contributed by atoms with E-state index in [9.17, 15) is 14.4 Å². The Kier molecular flexibility index (Phi) is 6.14. The van der Waals surface area contributed by atoms with Gasteiger partial charge in [-0.15, -0.1) is 0 Å². The van der Waals surface area contributed by atoms with Gasteiger partial charge >= 0.3 is 0 Å². The van der Waals surface area contributed by atoms with Crippen molar-refractivity contribution in [2.75, 3.05) is 6.54 Å². The Labute approximate surface area is 147 Å². The van der Waals surface area contributed by atoms with E-state index in [1.54, 1.807) is 29.2 Å². The summed E-state index contributed by atoms with van der Waals surface area (Å²) >= 11 is 0. The molecule has 1 aliphatic carbocycles. The number of hydrogen-bond acceptors (Lipinski definition) is 4. The minimum absolute atomic E-state index is 0.0124. The normalized spacial score (nSPS) is 14.9. The average Bonchev–Trinajstić information content (AvgIpc) is 3.41. The zero-order chi connectivity index (χ0) is 18.6. The van der Waals surface area contributed by atoms with E-state index in [4.69, 9.17) is 11.5 Å². The summed E-state index contributed by atoms with van der Waals surface area (Å²) in [4.78, 5) is 37.3. The number of rotatable bonds is 8. The number of hydrogen-bond donors (Lipinski definition) is 3. The van der Waals surface area contributed by atoms with E-state index < -0.39 is 11.9 Å². The van der Waals surface area contributed by atoms with Crippen LogP contribution in [0, 0.1) is 5.92 Å². The third-order valence-electron chi connectivity index (χ3n) is 4.33. The molecular weight excluding hydrogens is 320 g/mol. The van der Waals surface area contributed by atoms with E-state index in [0.29, 0.717) is 12.1 Å². The lowest BCUT2D eigenvalue weighted by atomic mass is 10.1. The summed E-state index contributed by atoms with van der Waals surface area (Å²) in [6.07, 6.45) is 1.93. The van der Waals surface area contributed by atoms with Gasteiger partial charge in [0.15, 0.2) is 0 Å². The molecule has 1 aromatic rings. The van der Waals surface area contributed by atoms with Crippen molar-refractivity contribution in [3.8, 4) is 0 Å². The zero-order valence-electron chi connectivity index (χ0n) is 14.7. The second-order valence-corrected chi connectivity index (χ2v) is 6.80. The Morgan fingerprint density at radius 3 is 2.28 bits per heavy atom. The van der Waals surface area contributed by atoms with Crippen molar-refractivity contribution < 1.29 is 14.4 Å². The minimum atomic E-state index is -0.622. The summed E-state index contributed by atoms with van der Waals surface area (Å²) < 4.78 is 0. The molecule has 25 heavy (non-hydrogen) atoms. The largest absolute Gasteiger partial charge is 0.366 e. The first-order valence-corrected chi connectivity index (χ1v) is 8.51. The van der Waals surface area contributed by atoms with Crippen LogP contribution in [-0.2, 0) is 16.1 Å². The Morgan fingerprint density at radius 2 is 1.80 bits per heavy atom. The minimum Gasteiger partial charge on any atom is -0.366 e. The fraction of sp³-hybridized carbons (Fsp3) is 0.500. The molecule has 1 saturated carbocycles. The van der Waals surface area contributed by atoms with Crippen molar-refractivity contribution in [1.82, 2.24) is 10.2 Å². The number of carbonyl (C=O) groups is 3. The van der Waals surface area contributed by atoms with Crippen LogP contribution < -0.4 is 16.8 Å². The molecule has 0 bridgehead atoms. The molecule has 1 aromatic carbocycles. The van der Waals surface area contributed by atoms with E-state index in [1.165, 1.54) is 0 Å². The third-order valence-corrected chi connectivity index (χ3v) is 4.33. The number of primary amides is 1. The molecule has 136 valence electrons. The van der Waals surface area contributed by atoms with Gasteiger partial charge in [-0.3, -0.25) is 14.4 Å². The molecule has 7 heteroatoms. The highest BCUT2D eigenvalue weighted by atomic mass is 16.2. The quantitative estimate of drug-likeness (QED) is 0.630. The van der Waals surface area contributed by atoms with Gasteiger partial charge in [0.2, 0.25) is 17.7 Å². The van der Waals surface area contributed by atoms with Gasteiger partial charge in [0.25, 0.3) is 0 Å².